The predicted molar refractivity (Wildman–Crippen MR) is 129 cm³/mol. The van der Waals surface area contributed by atoms with Crippen LogP contribution in [0.3, 0.4) is 0 Å². The normalized spacial score (nSPS) is 17.0. The summed E-state index contributed by atoms with van der Waals surface area (Å²) in [6, 6.07) is 9.20. The molecule has 0 bridgehead atoms. The van der Waals surface area contributed by atoms with Gasteiger partial charge >= 0.3 is 12.1 Å². The molecule has 5 rings (SSSR count). The molecule has 1 unspecified atom stereocenters. The van der Waals surface area contributed by atoms with Crippen LogP contribution in [0, 0.1) is 5.82 Å². The maximum absolute atomic E-state index is 15.2. The Morgan fingerprint density at radius 2 is 1.94 bits per heavy atom. The molecular formula is C26H23ClFN3O5. The molecule has 1 aromatic heterocycles. The summed E-state index contributed by atoms with van der Waals surface area (Å²) in [5.41, 5.74) is 2.47. The number of hydrogen-bond acceptors (Lipinski definition) is 5. The van der Waals surface area contributed by atoms with E-state index in [1.807, 2.05) is 6.07 Å². The molecule has 36 heavy (non-hydrogen) atoms. The quantitative estimate of drug-likeness (QED) is 0.477. The van der Waals surface area contributed by atoms with Crippen molar-refractivity contribution in [2.45, 2.75) is 38.1 Å². The standard InChI is InChI=1S/C26H23ClFN3O5/c1-13-11-30(26(34)35)12-20-21(13)23(17-9-8-15(10-19(17)28)25(33)36-2)29-31(20)24(32)22-16(14-6-7-14)4-3-5-18(22)27/h3-5,8-10,13-14H,6-7,11-12H2,1-2H3,(H,34,35). The van der Waals surface area contributed by atoms with Crippen LogP contribution < -0.4 is 0 Å². The first-order chi connectivity index (χ1) is 17.2. The number of carbonyl (C=O) groups excluding carboxylic acids is 2. The molecule has 2 heterocycles. The van der Waals surface area contributed by atoms with Crippen LogP contribution >= 0.6 is 11.6 Å². The molecule has 2 aromatic carbocycles. The van der Waals surface area contributed by atoms with Gasteiger partial charge in [-0.15, -0.1) is 0 Å². The number of benzene rings is 2. The summed E-state index contributed by atoms with van der Waals surface area (Å²) in [6.45, 7) is 1.88. The van der Waals surface area contributed by atoms with E-state index >= 15 is 4.39 Å². The van der Waals surface area contributed by atoms with Gasteiger partial charge in [-0.2, -0.15) is 9.78 Å². The molecule has 186 valence electrons. The maximum atomic E-state index is 15.2. The lowest BCUT2D eigenvalue weighted by molar-refractivity contribution is 0.0600. The average molecular weight is 512 g/mol. The Labute approximate surface area is 211 Å². The van der Waals surface area contributed by atoms with Gasteiger partial charge in [0.15, 0.2) is 0 Å². The molecule has 0 radical (unpaired) electrons. The van der Waals surface area contributed by atoms with Gasteiger partial charge in [-0.1, -0.05) is 30.7 Å². The monoisotopic (exact) mass is 511 g/mol. The summed E-state index contributed by atoms with van der Waals surface area (Å²) >= 11 is 6.48. The number of ether oxygens (including phenoxy) is 1. The number of carboxylic acid groups (broad SMARTS) is 1. The molecule has 0 saturated heterocycles. The van der Waals surface area contributed by atoms with Crippen LogP contribution in [-0.2, 0) is 11.3 Å². The highest BCUT2D eigenvalue weighted by molar-refractivity contribution is 6.34. The zero-order chi connectivity index (χ0) is 25.7. The van der Waals surface area contributed by atoms with Crippen LogP contribution in [0.4, 0.5) is 9.18 Å². The molecule has 8 nitrogen and oxygen atoms in total. The maximum Gasteiger partial charge on any atom is 0.407 e. The SMILES string of the molecule is COC(=O)c1ccc(-c2nn(C(=O)c3c(Cl)cccc3C3CC3)c3c2C(C)CN(C(=O)O)C3)c(F)c1. The van der Waals surface area contributed by atoms with Gasteiger partial charge < -0.3 is 14.7 Å². The molecule has 1 saturated carbocycles. The summed E-state index contributed by atoms with van der Waals surface area (Å²) in [4.78, 5) is 38.7. The summed E-state index contributed by atoms with van der Waals surface area (Å²) < 4.78 is 21.1. The van der Waals surface area contributed by atoms with Crippen LogP contribution in [0.1, 0.15) is 69.1 Å². The van der Waals surface area contributed by atoms with Crippen molar-refractivity contribution in [2.24, 2.45) is 0 Å². The molecular weight excluding hydrogens is 489 g/mol. The molecule has 10 heteroatoms. The summed E-state index contributed by atoms with van der Waals surface area (Å²) in [7, 11) is 1.21. The Morgan fingerprint density at radius 3 is 2.58 bits per heavy atom. The van der Waals surface area contributed by atoms with Crippen molar-refractivity contribution in [1.82, 2.24) is 14.7 Å². The molecule has 1 aliphatic heterocycles. The highest BCUT2D eigenvalue weighted by atomic mass is 35.5. The number of hydrogen-bond donors (Lipinski definition) is 1. The van der Waals surface area contributed by atoms with E-state index in [9.17, 15) is 19.5 Å². The van der Waals surface area contributed by atoms with Crippen LogP contribution in [0.2, 0.25) is 5.02 Å². The summed E-state index contributed by atoms with van der Waals surface area (Å²) in [5, 5.41) is 14.5. The van der Waals surface area contributed by atoms with Crippen molar-refractivity contribution in [2.75, 3.05) is 13.7 Å². The topological polar surface area (TPSA) is 102 Å². The lowest BCUT2D eigenvalue weighted by atomic mass is 9.91. The Balaban J connectivity index is 1.69. The van der Waals surface area contributed by atoms with E-state index in [4.69, 9.17) is 11.6 Å². The number of rotatable bonds is 4. The molecule has 1 N–H and O–H groups in total. The Morgan fingerprint density at radius 1 is 1.19 bits per heavy atom. The van der Waals surface area contributed by atoms with Crippen molar-refractivity contribution in [1.29, 1.82) is 0 Å². The van der Waals surface area contributed by atoms with Crippen LogP contribution in [-0.4, -0.2) is 51.4 Å². The van der Waals surface area contributed by atoms with Crippen LogP contribution in [0.5, 0.6) is 0 Å². The first-order valence-electron chi connectivity index (χ1n) is 11.5. The number of carbonyl (C=O) groups is 3. The van der Waals surface area contributed by atoms with Gasteiger partial charge in [-0.05, 0) is 48.6 Å². The first-order valence-corrected chi connectivity index (χ1v) is 11.9. The third-order valence-electron chi connectivity index (χ3n) is 6.73. The highest BCUT2D eigenvalue weighted by Gasteiger charge is 2.37. The number of fused-ring (bicyclic) bond motifs is 1. The van der Waals surface area contributed by atoms with E-state index < -0.39 is 23.8 Å². The Bertz CT molecular complexity index is 1410. The second-order valence-electron chi connectivity index (χ2n) is 9.15. The number of esters is 1. The Kier molecular flexibility index (Phi) is 6.04. The van der Waals surface area contributed by atoms with Crippen molar-refractivity contribution < 1.29 is 28.6 Å². The van der Waals surface area contributed by atoms with E-state index in [0.29, 0.717) is 16.8 Å². The van der Waals surface area contributed by atoms with Crippen molar-refractivity contribution >= 4 is 29.6 Å². The van der Waals surface area contributed by atoms with E-state index in [1.165, 1.54) is 24.1 Å². The minimum Gasteiger partial charge on any atom is -0.465 e. The van der Waals surface area contributed by atoms with E-state index in [-0.39, 0.29) is 46.8 Å². The largest absolute Gasteiger partial charge is 0.465 e. The number of methoxy groups -OCH3 is 1. The van der Waals surface area contributed by atoms with Gasteiger partial charge in [-0.3, -0.25) is 4.79 Å². The second-order valence-corrected chi connectivity index (χ2v) is 9.56. The molecule has 1 aliphatic carbocycles. The predicted octanol–water partition coefficient (Wildman–Crippen LogP) is 5.29. The lowest BCUT2D eigenvalue weighted by Crippen LogP contribution is -2.38. The van der Waals surface area contributed by atoms with Crippen molar-refractivity contribution in [3.63, 3.8) is 0 Å². The van der Waals surface area contributed by atoms with Crippen LogP contribution in [0.25, 0.3) is 11.3 Å². The average Bonchev–Trinajstić information content (AvgIpc) is 3.63. The third kappa shape index (κ3) is 4.03. The zero-order valence-corrected chi connectivity index (χ0v) is 20.4. The molecule has 0 spiro atoms. The molecule has 1 atom stereocenters. The number of amides is 1. The fourth-order valence-electron chi connectivity index (χ4n) is 4.87. The molecule has 1 amide bonds. The van der Waals surface area contributed by atoms with Gasteiger partial charge in [-0.25, -0.2) is 14.0 Å². The fourth-order valence-corrected chi connectivity index (χ4v) is 5.14. The number of nitrogens with zero attached hydrogens (tertiary/aromatic N) is 3. The second kappa shape index (κ2) is 9.05. The zero-order valence-electron chi connectivity index (χ0n) is 19.6. The Hall–Kier alpha value is -3.72. The third-order valence-corrected chi connectivity index (χ3v) is 7.05. The number of aromatic nitrogens is 2. The van der Waals surface area contributed by atoms with Crippen LogP contribution in [0.15, 0.2) is 36.4 Å². The van der Waals surface area contributed by atoms with Crippen molar-refractivity contribution in [3.05, 3.63) is 75.2 Å². The lowest BCUT2D eigenvalue weighted by Gasteiger charge is -2.29. The van der Waals surface area contributed by atoms with Gasteiger partial charge in [0.2, 0.25) is 0 Å². The summed E-state index contributed by atoms with van der Waals surface area (Å²) in [5.74, 6) is -2.01. The van der Waals surface area contributed by atoms with E-state index in [1.54, 1.807) is 19.1 Å². The van der Waals surface area contributed by atoms with Gasteiger partial charge in [0.05, 0.1) is 41.2 Å². The van der Waals surface area contributed by atoms with Gasteiger partial charge in [0, 0.05) is 23.6 Å². The van der Waals surface area contributed by atoms with Crippen molar-refractivity contribution in [3.8, 4) is 11.3 Å². The minimum absolute atomic E-state index is 0.0402. The minimum atomic E-state index is -1.13. The molecule has 2 aliphatic rings. The molecule has 3 aromatic rings. The fraction of sp³-hybridized carbons (Fsp3) is 0.308. The smallest absolute Gasteiger partial charge is 0.407 e. The van der Waals surface area contributed by atoms with E-state index in [0.717, 1.165) is 29.2 Å². The summed E-state index contributed by atoms with van der Waals surface area (Å²) in [6.07, 6.45) is 0.772. The first kappa shape index (κ1) is 24.0. The molecule has 1 fully saturated rings. The van der Waals surface area contributed by atoms with Gasteiger partial charge in [0.1, 0.15) is 5.82 Å². The van der Waals surface area contributed by atoms with Gasteiger partial charge in [0.25, 0.3) is 5.91 Å². The highest BCUT2D eigenvalue weighted by Crippen LogP contribution is 2.44. The van der Waals surface area contributed by atoms with E-state index in [2.05, 4.69) is 9.84 Å². The number of halogens is 2.